The minimum absolute atomic E-state index is 0.0485. The molecule has 8 heteroatoms. The van der Waals surface area contributed by atoms with Crippen molar-refractivity contribution in [3.63, 3.8) is 0 Å². The molecule has 1 heterocycles. The molecule has 0 aliphatic carbocycles. The molecular formula is C21H26FN3O3S. The topological polar surface area (TPSA) is 78.5 Å². The summed E-state index contributed by atoms with van der Waals surface area (Å²) in [6.45, 7) is 1.74. The number of nitrogens with one attached hydrogen (secondary N) is 2. The molecule has 2 N–H and O–H groups in total. The molecule has 2 aromatic carbocycles. The molecule has 0 saturated carbocycles. The lowest BCUT2D eigenvalue weighted by Crippen LogP contribution is -2.43. The number of piperidine rings is 1. The van der Waals surface area contributed by atoms with Crippen molar-refractivity contribution in [3.8, 4) is 0 Å². The summed E-state index contributed by atoms with van der Waals surface area (Å²) < 4.78 is 40.4. The van der Waals surface area contributed by atoms with Crippen LogP contribution < -0.4 is 10.6 Å². The van der Waals surface area contributed by atoms with Gasteiger partial charge in [0.2, 0.25) is 15.9 Å². The highest BCUT2D eigenvalue weighted by atomic mass is 32.2. The van der Waals surface area contributed by atoms with Crippen molar-refractivity contribution in [1.82, 2.24) is 9.62 Å². The molecule has 1 fully saturated rings. The normalized spacial score (nSPS) is 15.8. The SMILES string of the molecule is O=C(NCCCNc1ccccc1)C1CCN(S(=O)(=O)c2ccccc2F)CC1. The molecule has 29 heavy (non-hydrogen) atoms. The predicted octanol–water partition coefficient (Wildman–Crippen LogP) is 2.84. The van der Waals surface area contributed by atoms with E-state index in [0.29, 0.717) is 19.4 Å². The average Bonchev–Trinajstić information content (AvgIpc) is 2.74. The molecule has 1 amide bonds. The number of amides is 1. The molecule has 1 saturated heterocycles. The maximum absolute atomic E-state index is 13.9. The molecule has 0 bridgehead atoms. The van der Waals surface area contributed by atoms with Crippen molar-refractivity contribution in [2.24, 2.45) is 5.92 Å². The van der Waals surface area contributed by atoms with E-state index >= 15 is 0 Å². The molecule has 6 nitrogen and oxygen atoms in total. The summed E-state index contributed by atoms with van der Waals surface area (Å²) in [5.74, 6) is -1.02. The summed E-state index contributed by atoms with van der Waals surface area (Å²) in [7, 11) is -3.87. The van der Waals surface area contributed by atoms with E-state index in [1.165, 1.54) is 22.5 Å². The molecule has 3 rings (SSSR count). The fourth-order valence-electron chi connectivity index (χ4n) is 3.38. The first-order chi connectivity index (χ1) is 14.0. The highest BCUT2D eigenvalue weighted by molar-refractivity contribution is 7.89. The van der Waals surface area contributed by atoms with E-state index < -0.39 is 15.8 Å². The lowest BCUT2D eigenvalue weighted by molar-refractivity contribution is -0.126. The van der Waals surface area contributed by atoms with Crippen LogP contribution in [-0.2, 0) is 14.8 Å². The molecule has 0 radical (unpaired) electrons. The van der Waals surface area contributed by atoms with Crippen molar-refractivity contribution in [3.05, 3.63) is 60.4 Å². The van der Waals surface area contributed by atoms with Gasteiger partial charge in [0, 0.05) is 37.8 Å². The summed E-state index contributed by atoms with van der Waals surface area (Å²) in [6, 6.07) is 15.2. The Hall–Kier alpha value is -2.45. The average molecular weight is 420 g/mol. The second-order valence-corrected chi connectivity index (χ2v) is 8.95. The third-order valence-electron chi connectivity index (χ3n) is 5.03. The highest BCUT2D eigenvalue weighted by Gasteiger charge is 2.33. The number of anilines is 1. The van der Waals surface area contributed by atoms with Gasteiger partial charge in [-0.2, -0.15) is 4.31 Å². The van der Waals surface area contributed by atoms with Crippen LogP contribution in [0.1, 0.15) is 19.3 Å². The Kier molecular flexibility index (Phi) is 7.22. The van der Waals surface area contributed by atoms with Gasteiger partial charge in [0.1, 0.15) is 10.7 Å². The molecule has 0 spiro atoms. The van der Waals surface area contributed by atoms with Crippen molar-refractivity contribution in [2.75, 3.05) is 31.5 Å². The van der Waals surface area contributed by atoms with E-state index in [9.17, 15) is 17.6 Å². The largest absolute Gasteiger partial charge is 0.385 e. The predicted molar refractivity (Wildman–Crippen MR) is 110 cm³/mol. The second-order valence-electron chi connectivity index (χ2n) is 7.05. The van der Waals surface area contributed by atoms with E-state index in [0.717, 1.165) is 24.7 Å². The zero-order valence-corrected chi connectivity index (χ0v) is 17.0. The van der Waals surface area contributed by atoms with Gasteiger partial charge in [-0.1, -0.05) is 30.3 Å². The monoisotopic (exact) mass is 419 g/mol. The number of hydrogen-bond donors (Lipinski definition) is 2. The van der Waals surface area contributed by atoms with Crippen LogP contribution in [0.25, 0.3) is 0 Å². The summed E-state index contributed by atoms with van der Waals surface area (Å²) >= 11 is 0. The maximum atomic E-state index is 13.9. The van der Waals surface area contributed by atoms with E-state index in [-0.39, 0.29) is 29.8 Å². The summed E-state index contributed by atoms with van der Waals surface area (Å²) in [6.07, 6.45) is 1.66. The van der Waals surface area contributed by atoms with Crippen molar-refractivity contribution in [2.45, 2.75) is 24.2 Å². The first-order valence-corrected chi connectivity index (χ1v) is 11.2. The van der Waals surface area contributed by atoms with E-state index in [4.69, 9.17) is 0 Å². The van der Waals surface area contributed by atoms with Crippen LogP contribution in [0.3, 0.4) is 0 Å². The van der Waals surface area contributed by atoms with Gasteiger partial charge in [0.15, 0.2) is 0 Å². The van der Waals surface area contributed by atoms with Gasteiger partial charge < -0.3 is 10.6 Å². The van der Waals surface area contributed by atoms with Gasteiger partial charge in [-0.05, 0) is 43.5 Å². The fraction of sp³-hybridized carbons (Fsp3) is 0.381. The van der Waals surface area contributed by atoms with Crippen LogP contribution in [0.4, 0.5) is 10.1 Å². The van der Waals surface area contributed by atoms with Gasteiger partial charge >= 0.3 is 0 Å². The Bertz CT molecular complexity index is 914. The Balaban J connectivity index is 1.41. The number of benzene rings is 2. The molecule has 2 aromatic rings. The number of carbonyl (C=O) groups is 1. The quantitative estimate of drug-likeness (QED) is 0.645. The first kappa shape index (κ1) is 21.3. The maximum Gasteiger partial charge on any atom is 0.245 e. The Morgan fingerprint density at radius 2 is 1.66 bits per heavy atom. The summed E-state index contributed by atoms with van der Waals surface area (Å²) in [5.41, 5.74) is 1.04. The van der Waals surface area contributed by atoms with Crippen LogP contribution in [-0.4, -0.2) is 44.8 Å². The van der Waals surface area contributed by atoms with E-state index in [2.05, 4.69) is 10.6 Å². The van der Waals surface area contributed by atoms with E-state index in [1.54, 1.807) is 0 Å². The van der Waals surface area contributed by atoms with Gasteiger partial charge in [0.25, 0.3) is 0 Å². The second kappa shape index (κ2) is 9.84. The Morgan fingerprint density at radius 3 is 2.34 bits per heavy atom. The summed E-state index contributed by atoms with van der Waals surface area (Å²) in [5, 5.41) is 6.21. The van der Waals surface area contributed by atoms with Gasteiger partial charge in [-0.3, -0.25) is 4.79 Å². The van der Waals surface area contributed by atoms with Gasteiger partial charge in [-0.15, -0.1) is 0 Å². The smallest absolute Gasteiger partial charge is 0.245 e. The van der Waals surface area contributed by atoms with Gasteiger partial charge in [-0.25, -0.2) is 12.8 Å². The van der Waals surface area contributed by atoms with Crippen LogP contribution in [0.2, 0.25) is 0 Å². The van der Waals surface area contributed by atoms with Crippen LogP contribution in [0.5, 0.6) is 0 Å². The third-order valence-corrected chi connectivity index (χ3v) is 6.97. The number of halogens is 1. The van der Waals surface area contributed by atoms with Gasteiger partial charge in [0.05, 0.1) is 0 Å². The molecule has 1 aliphatic rings. The van der Waals surface area contributed by atoms with Crippen LogP contribution in [0, 0.1) is 11.7 Å². The molecular weight excluding hydrogens is 393 g/mol. The van der Waals surface area contributed by atoms with Crippen molar-refractivity contribution in [1.29, 1.82) is 0 Å². The zero-order valence-electron chi connectivity index (χ0n) is 16.2. The number of nitrogens with zero attached hydrogens (tertiary/aromatic N) is 1. The third kappa shape index (κ3) is 5.55. The number of para-hydroxylation sites is 1. The number of carbonyl (C=O) groups excluding carboxylic acids is 1. The van der Waals surface area contributed by atoms with Crippen LogP contribution >= 0.6 is 0 Å². The highest BCUT2D eigenvalue weighted by Crippen LogP contribution is 2.25. The zero-order chi connectivity index (χ0) is 20.7. The Morgan fingerprint density at radius 1 is 1.00 bits per heavy atom. The van der Waals surface area contributed by atoms with Crippen molar-refractivity contribution < 1.29 is 17.6 Å². The minimum atomic E-state index is -3.87. The molecule has 0 aromatic heterocycles. The molecule has 0 unspecified atom stereocenters. The number of hydrogen-bond acceptors (Lipinski definition) is 4. The molecule has 156 valence electrons. The first-order valence-electron chi connectivity index (χ1n) is 9.80. The Labute approximate surface area is 171 Å². The standard InChI is InChI=1S/C21H26FN3O3S/c22-19-9-4-5-10-20(19)29(27,28)25-15-11-17(12-16-25)21(26)24-14-6-13-23-18-7-2-1-3-8-18/h1-5,7-10,17,23H,6,11-16H2,(H,24,26). The van der Waals surface area contributed by atoms with Crippen LogP contribution in [0.15, 0.2) is 59.5 Å². The van der Waals surface area contributed by atoms with Crippen molar-refractivity contribution >= 4 is 21.6 Å². The fourth-order valence-corrected chi connectivity index (χ4v) is 4.92. The van der Waals surface area contributed by atoms with E-state index in [1.807, 2.05) is 30.3 Å². The molecule has 0 atom stereocenters. The number of rotatable bonds is 8. The minimum Gasteiger partial charge on any atom is -0.385 e. The lowest BCUT2D eigenvalue weighted by Gasteiger charge is -2.30. The number of sulfonamides is 1. The summed E-state index contributed by atoms with van der Waals surface area (Å²) in [4.78, 5) is 12.0. The molecule has 1 aliphatic heterocycles. The lowest BCUT2D eigenvalue weighted by atomic mass is 9.97.